The third-order valence-corrected chi connectivity index (χ3v) is 3.55. The van der Waals surface area contributed by atoms with Crippen LogP contribution in [-0.2, 0) is 11.3 Å². The molecule has 0 saturated carbocycles. The number of aromatic nitrogens is 4. The minimum Gasteiger partial charge on any atom is -0.346 e. The SMILES string of the molecule is CC(C)(C)C(=O)Cn1cc(-c2ccnc3[nH]ccc23)cn1. The van der Waals surface area contributed by atoms with Crippen LogP contribution in [0.3, 0.4) is 0 Å². The van der Waals surface area contributed by atoms with E-state index in [9.17, 15) is 4.79 Å². The van der Waals surface area contributed by atoms with Gasteiger partial charge in [0.2, 0.25) is 0 Å². The van der Waals surface area contributed by atoms with Gasteiger partial charge >= 0.3 is 0 Å². The van der Waals surface area contributed by atoms with E-state index in [4.69, 9.17) is 0 Å². The number of aromatic amines is 1. The van der Waals surface area contributed by atoms with Gasteiger partial charge in [0.25, 0.3) is 0 Å². The van der Waals surface area contributed by atoms with Crippen LogP contribution in [0.1, 0.15) is 20.8 Å². The van der Waals surface area contributed by atoms with Gasteiger partial charge in [-0.15, -0.1) is 0 Å². The molecule has 0 bridgehead atoms. The molecular weight excluding hydrogens is 264 g/mol. The minimum atomic E-state index is -0.351. The molecule has 0 spiro atoms. The standard InChI is InChI=1S/C16H18N4O/c1-16(2,3)14(21)10-20-9-11(8-19-20)12-4-6-17-15-13(12)5-7-18-15/h4-9H,10H2,1-3H3,(H,17,18). The Hall–Kier alpha value is -2.43. The van der Waals surface area contributed by atoms with E-state index >= 15 is 0 Å². The van der Waals surface area contributed by atoms with Crippen LogP contribution in [0.15, 0.2) is 36.9 Å². The number of H-pyrrole nitrogens is 1. The minimum absolute atomic E-state index is 0.165. The highest BCUT2D eigenvalue weighted by Gasteiger charge is 2.21. The summed E-state index contributed by atoms with van der Waals surface area (Å²) in [4.78, 5) is 19.4. The average molecular weight is 282 g/mol. The van der Waals surface area contributed by atoms with E-state index in [0.717, 1.165) is 22.2 Å². The number of carbonyl (C=O) groups is 1. The number of hydrogen-bond donors (Lipinski definition) is 1. The highest BCUT2D eigenvalue weighted by Crippen LogP contribution is 2.26. The fourth-order valence-corrected chi connectivity index (χ4v) is 2.19. The first-order chi connectivity index (χ1) is 9.95. The van der Waals surface area contributed by atoms with Crippen LogP contribution in [0.4, 0.5) is 0 Å². The zero-order valence-electron chi connectivity index (χ0n) is 12.4. The molecule has 3 rings (SSSR count). The number of pyridine rings is 1. The highest BCUT2D eigenvalue weighted by atomic mass is 16.1. The van der Waals surface area contributed by atoms with Crippen LogP contribution in [-0.4, -0.2) is 25.5 Å². The molecule has 0 unspecified atom stereocenters. The van der Waals surface area contributed by atoms with Crippen molar-refractivity contribution in [1.29, 1.82) is 0 Å². The van der Waals surface area contributed by atoms with Crippen molar-refractivity contribution in [2.24, 2.45) is 5.41 Å². The molecule has 21 heavy (non-hydrogen) atoms. The van der Waals surface area contributed by atoms with E-state index in [0.29, 0.717) is 6.54 Å². The second-order valence-corrected chi connectivity index (χ2v) is 6.20. The highest BCUT2D eigenvalue weighted by molar-refractivity contribution is 5.92. The molecule has 0 radical (unpaired) electrons. The molecule has 3 aromatic heterocycles. The summed E-state index contributed by atoms with van der Waals surface area (Å²) >= 11 is 0. The molecule has 0 amide bonds. The van der Waals surface area contributed by atoms with Gasteiger partial charge in [-0.05, 0) is 17.7 Å². The summed E-state index contributed by atoms with van der Waals surface area (Å²) in [5.74, 6) is 0.165. The first-order valence-electron chi connectivity index (χ1n) is 6.93. The maximum absolute atomic E-state index is 12.1. The summed E-state index contributed by atoms with van der Waals surface area (Å²) < 4.78 is 1.70. The maximum Gasteiger partial charge on any atom is 0.159 e. The van der Waals surface area contributed by atoms with Crippen molar-refractivity contribution >= 4 is 16.8 Å². The van der Waals surface area contributed by atoms with Gasteiger partial charge in [-0.2, -0.15) is 5.10 Å². The van der Waals surface area contributed by atoms with Crippen LogP contribution >= 0.6 is 0 Å². The predicted molar refractivity (Wildman–Crippen MR) is 81.8 cm³/mol. The zero-order chi connectivity index (χ0) is 15.0. The van der Waals surface area contributed by atoms with Gasteiger partial charge in [0.15, 0.2) is 5.78 Å². The number of ketones is 1. The van der Waals surface area contributed by atoms with Gasteiger partial charge in [-0.1, -0.05) is 20.8 Å². The van der Waals surface area contributed by atoms with Crippen LogP contribution in [0.2, 0.25) is 0 Å². The molecule has 0 saturated heterocycles. The van der Waals surface area contributed by atoms with Crippen molar-refractivity contribution in [1.82, 2.24) is 19.7 Å². The van der Waals surface area contributed by atoms with Crippen molar-refractivity contribution in [3.05, 3.63) is 36.9 Å². The Morgan fingerprint density at radius 1 is 1.33 bits per heavy atom. The Balaban J connectivity index is 1.92. The van der Waals surface area contributed by atoms with Crippen LogP contribution in [0.25, 0.3) is 22.2 Å². The monoisotopic (exact) mass is 282 g/mol. The van der Waals surface area contributed by atoms with Crippen LogP contribution < -0.4 is 0 Å². The van der Waals surface area contributed by atoms with Gasteiger partial charge < -0.3 is 4.98 Å². The molecule has 0 aliphatic rings. The molecule has 5 nitrogen and oxygen atoms in total. The molecular formula is C16H18N4O. The van der Waals surface area contributed by atoms with E-state index in [1.54, 1.807) is 17.1 Å². The molecule has 0 aliphatic carbocycles. The molecule has 0 aliphatic heterocycles. The van der Waals surface area contributed by atoms with Gasteiger partial charge in [0.05, 0.1) is 6.20 Å². The topological polar surface area (TPSA) is 63.6 Å². The van der Waals surface area contributed by atoms with Gasteiger partial charge in [-0.3, -0.25) is 9.48 Å². The third kappa shape index (κ3) is 2.59. The molecule has 0 fully saturated rings. The number of nitrogens with one attached hydrogen (secondary N) is 1. The lowest BCUT2D eigenvalue weighted by Crippen LogP contribution is -2.25. The van der Waals surface area contributed by atoms with Gasteiger partial charge in [-0.25, -0.2) is 4.98 Å². The number of Topliss-reactive ketones (excluding diaryl/α,β-unsaturated/α-hetero) is 1. The second-order valence-electron chi connectivity index (χ2n) is 6.20. The van der Waals surface area contributed by atoms with E-state index < -0.39 is 0 Å². The third-order valence-electron chi connectivity index (χ3n) is 3.55. The second kappa shape index (κ2) is 4.84. The summed E-state index contributed by atoms with van der Waals surface area (Å²) in [5.41, 5.74) is 2.56. The number of fused-ring (bicyclic) bond motifs is 1. The van der Waals surface area contributed by atoms with Crippen molar-refractivity contribution in [3.63, 3.8) is 0 Å². The average Bonchev–Trinajstić information content (AvgIpc) is 3.05. The molecule has 108 valence electrons. The normalized spacial score (nSPS) is 12.0. The number of nitrogens with zero attached hydrogens (tertiary/aromatic N) is 3. The summed E-state index contributed by atoms with van der Waals surface area (Å²) in [7, 11) is 0. The van der Waals surface area contributed by atoms with Crippen molar-refractivity contribution in [2.45, 2.75) is 27.3 Å². The van der Waals surface area contributed by atoms with Crippen molar-refractivity contribution < 1.29 is 4.79 Å². The van der Waals surface area contributed by atoms with Crippen LogP contribution in [0, 0.1) is 5.41 Å². The molecule has 3 heterocycles. The Bertz CT molecular complexity index is 792. The molecule has 3 aromatic rings. The number of hydrogen-bond acceptors (Lipinski definition) is 3. The number of carbonyl (C=O) groups excluding carboxylic acids is 1. The van der Waals surface area contributed by atoms with E-state index in [1.165, 1.54) is 0 Å². The quantitative estimate of drug-likeness (QED) is 0.803. The van der Waals surface area contributed by atoms with Crippen LogP contribution in [0.5, 0.6) is 0 Å². The predicted octanol–water partition coefficient (Wildman–Crippen LogP) is 3.04. The summed E-state index contributed by atoms with van der Waals surface area (Å²) in [6, 6.07) is 3.96. The van der Waals surface area contributed by atoms with Crippen molar-refractivity contribution in [2.75, 3.05) is 0 Å². The van der Waals surface area contributed by atoms with Gasteiger partial charge in [0.1, 0.15) is 12.2 Å². The Morgan fingerprint density at radius 2 is 2.14 bits per heavy atom. The molecule has 0 aromatic carbocycles. The van der Waals surface area contributed by atoms with E-state index in [2.05, 4.69) is 15.1 Å². The Morgan fingerprint density at radius 3 is 2.90 bits per heavy atom. The fraction of sp³-hybridized carbons (Fsp3) is 0.312. The number of rotatable bonds is 3. The summed E-state index contributed by atoms with van der Waals surface area (Å²) in [6.07, 6.45) is 7.34. The molecule has 0 atom stereocenters. The lowest BCUT2D eigenvalue weighted by molar-refractivity contribution is -0.127. The molecule has 5 heteroatoms. The van der Waals surface area contributed by atoms with E-state index in [1.807, 2.05) is 45.3 Å². The maximum atomic E-state index is 12.1. The fourth-order valence-electron chi connectivity index (χ4n) is 2.19. The first-order valence-corrected chi connectivity index (χ1v) is 6.93. The smallest absolute Gasteiger partial charge is 0.159 e. The van der Waals surface area contributed by atoms with Crippen molar-refractivity contribution in [3.8, 4) is 11.1 Å². The summed E-state index contributed by atoms with van der Waals surface area (Å²) in [5, 5.41) is 5.36. The largest absolute Gasteiger partial charge is 0.346 e. The molecule has 1 N–H and O–H groups in total. The lowest BCUT2D eigenvalue weighted by atomic mass is 9.91. The first kappa shape index (κ1) is 13.5. The Labute approximate surface area is 123 Å². The van der Waals surface area contributed by atoms with E-state index in [-0.39, 0.29) is 11.2 Å². The zero-order valence-corrected chi connectivity index (χ0v) is 12.4. The lowest BCUT2D eigenvalue weighted by Gasteiger charge is -2.16. The van der Waals surface area contributed by atoms with Gasteiger partial charge in [0, 0.05) is 35.0 Å². The Kier molecular flexibility index (Phi) is 3.12. The summed E-state index contributed by atoms with van der Waals surface area (Å²) in [6.45, 7) is 6.06.